The second-order valence-corrected chi connectivity index (χ2v) is 4.13. The van der Waals surface area contributed by atoms with Crippen LogP contribution in [0.3, 0.4) is 0 Å². The van der Waals surface area contributed by atoms with Gasteiger partial charge in [-0.3, -0.25) is 9.59 Å². The summed E-state index contributed by atoms with van der Waals surface area (Å²) in [5, 5.41) is 11.4. The van der Waals surface area contributed by atoms with E-state index in [0.717, 1.165) is 0 Å². The number of nitrogens with one attached hydrogen (secondary N) is 1. The van der Waals surface area contributed by atoms with Gasteiger partial charge in [-0.15, -0.1) is 0 Å². The molecule has 1 aromatic heterocycles. The van der Waals surface area contributed by atoms with Crippen LogP contribution in [0.5, 0.6) is 0 Å². The van der Waals surface area contributed by atoms with E-state index in [-0.39, 0.29) is 30.7 Å². The van der Waals surface area contributed by atoms with Gasteiger partial charge in [-0.2, -0.15) is 0 Å². The van der Waals surface area contributed by atoms with E-state index in [4.69, 9.17) is 5.11 Å². The number of pyridine rings is 1. The van der Waals surface area contributed by atoms with E-state index < -0.39 is 0 Å². The van der Waals surface area contributed by atoms with E-state index >= 15 is 0 Å². The first-order valence-corrected chi connectivity index (χ1v) is 6.74. The maximum Gasteiger partial charge on any atom is 0.274 e. The topological polar surface area (TPSA) is 82.5 Å². The zero-order valence-electron chi connectivity index (χ0n) is 12.2. The standard InChI is InChI=1S/C15H19N3O3/c1-3-16-13(20)11-18(4-2)15(21)14-12(8-6-10-19)7-5-9-17-14/h5,7,9,19H,3-4,10-11H2,1-2H3,(H,16,20). The number of hydrogen-bond acceptors (Lipinski definition) is 4. The Kier molecular flexibility index (Phi) is 6.92. The number of aromatic nitrogens is 1. The molecule has 0 aliphatic heterocycles. The minimum absolute atomic E-state index is 0.0212. The van der Waals surface area contributed by atoms with E-state index in [2.05, 4.69) is 22.1 Å². The predicted octanol–water partition coefficient (Wildman–Crippen LogP) is 0.0236. The smallest absolute Gasteiger partial charge is 0.274 e. The molecule has 0 aliphatic carbocycles. The third kappa shape index (κ3) is 4.89. The van der Waals surface area contributed by atoms with E-state index in [1.807, 2.05) is 6.92 Å². The van der Waals surface area contributed by atoms with Crippen molar-refractivity contribution in [2.45, 2.75) is 13.8 Å². The van der Waals surface area contributed by atoms with Crippen LogP contribution >= 0.6 is 0 Å². The maximum absolute atomic E-state index is 12.5. The first-order valence-electron chi connectivity index (χ1n) is 6.74. The lowest BCUT2D eigenvalue weighted by molar-refractivity contribution is -0.121. The summed E-state index contributed by atoms with van der Waals surface area (Å²) in [5.41, 5.74) is 0.621. The van der Waals surface area contributed by atoms with Crippen molar-refractivity contribution in [2.24, 2.45) is 0 Å². The van der Waals surface area contributed by atoms with Gasteiger partial charge in [0.05, 0.1) is 12.1 Å². The molecule has 0 saturated heterocycles. The molecule has 0 aliphatic rings. The quantitative estimate of drug-likeness (QED) is 0.749. The van der Waals surface area contributed by atoms with Gasteiger partial charge in [0, 0.05) is 19.3 Å². The van der Waals surface area contributed by atoms with Crippen molar-refractivity contribution in [2.75, 3.05) is 26.2 Å². The Morgan fingerprint density at radius 3 is 2.81 bits per heavy atom. The molecule has 0 unspecified atom stereocenters. The molecule has 1 aromatic rings. The first kappa shape index (κ1) is 16.7. The van der Waals surface area contributed by atoms with Crippen LogP contribution < -0.4 is 5.32 Å². The van der Waals surface area contributed by atoms with Crippen molar-refractivity contribution in [3.05, 3.63) is 29.6 Å². The summed E-state index contributed by atoms with van der Waals surface area (Å²) in [6.45, 7) is 4.20. The lowest BCUT2D eigenvalue weighted by atomic mass is 10.1. The molecule has 6 heteroatoms. The molecular weight excluding hydrogens is 270 g/mol. The molecule has 0 saturated carbocycles. The summed E-state index contributed by atoms with van der Waals surface area (Å²) in [6, 6.07) is 3.32. The summed E-state index contributed by atoms with van der Waals surface area (Å²) in [7, 11) is 0. The molecule has 0 fully saturated rings. The molecular formula is C15H19N3O3. The van der Waals surface area contributed by atoms with Crippen molar-refractivity contribution in [1.29, 1.82) is 0 Å². The van der Waals surface area contributed by atoms with Gasteiger partial charge in [-0.1, -0.05) is 11.8 Å². The van der Waals surface area contributed by atoms with Crippen LogP contribution in [0.1, 0.15) is 29.9 Å². The summed E-state index contributed by atoms with van der Waals surface area (Å²) in [5.74, 6) is 4.61. The number of aliphatic hydroxyl groups excluding tert-OH is 1. The molecule has 1 heterocycles. The number of carbonyl (C=O) groups is 2. The molecule has 1 rings (SSSR count). The Hall–Kier alpha value is -2.39. The third-order valence-corrected chi connectivity index (χ3v) is 2.69. The molecule has 6 nitrogen and oxygen atoms in total. The molecule has 0 spiro atoms. The zero-order valence-corrected chi connectivity index (χ0v) is 12.2. The van der Waals surface area contributed by atoms with Crippen molar-refractivity contribution < 1.29 is 14.7 Å². The summed E-state index contributed by atoms with van der Waals surface area (Å²) in [4.78, 5) is 29.5. The number of hydrogen-bond donors (Lipinski definition) is 2. The molecule has 0 bridgehead atoms. The minimum atomic E-state index is -0.355. The van der Waals surface area contributed by atoms with Gasteiger partial charge in [0.1, 0.15) is 12.3 Å². The molecule has 2 amide bonds. The van der Waals surface area contributed by atoms with Crippen LogP contribution in [0, 0.1) is 11.8 Å². The van der Waals surface area contributed by atoms with Gasteiger partial charge in [-0.25, -0.2) is 4.98 Å². The lowest BCUT2D eigenvalue weighted by Crippen LogP contribution is -2.41. The van der Waals surface area contributed by atoms with Crippen LogP contribution in [0.15, 0.2) is 18.3 Å². The SMILES string of the molecule is CCNC(=O)CN(CC)C(=O)c1ncccc1C#CCO. The fourth-order valence-electron chi connectivity index (χ4n) is 1.71. The average Bonchev–Trinajstić information content (AvgIpc) is 2.50. The second-order valence-electron chi connectivity index (χ2n) is 4.13. The first-order chi connectivity index (χ1) is 10.1. The fraction of sp³-hybridized carbons (Fsp3) is 0.400. The van der Waals surface area contributed by atoms with Crippen molar-refractivity contribution in [1.82, 2.24) is 15.2 Å². The molecule has 21 heavy (non-hydrogen) atoms. The normalized spacial score (nSPS) is 9.48. The summed E-state index contributed by atoms with van der Waals surface area (Å²) in [6.07, 6.45) is 1.50. The van der Waals surface area contributed by atoms with Crippen LogP contribution in [0.4, 0.5) is 0 Å². The largest absolute Gasteiger partial charge is 0.384 e. The Bertz CT molecular complexity index is 561. The van der Waals surface area contributed by atoms with Gasteiger partial charge >= 0.3 is 0 Å². The Morgan fingerprint density at radius 2 is 2.19 bits per heavy atom. The maximum atomic E-state index is 12.5. The van der Waals surface area contributed by atoms with Crippen molar-refractivity contribution in [3.63, 3.8) is 0 Å². The number of rotatable bonds is 5. The highest BCUT2D eigenvalue weighted by Gasteiger charge is 2.20. The number of nitrogens with zero attached hydrogens (tertiary/aromatic N) is 2. The predicted molar refractivity (Wildman–Crippen MR) is 78.5 cm³/mol. The molecule has 0 aromatic carbocycles. The highest BCUT2D eigenvalue weighted by atomic mass is 16.2. The van der Waals surface area contributed by atoms with E-state index in [0.29, 0.717) is 18.7 Å². The summed E-state index contributed by atoms with van der Waals surface area (Å²) >= 11 is 0. The fourth-order valence-corrected chi connectivity index (χ4v) is 1.71. The van der Waals surface area contributed by atoms with Crippen LogP contribution in [-0.4, -0.2) is 53.0 Å². The number of aliphatic hydroxyl groups is 1. The highest BCUT2D eigenvalue weighted by Crippen LogP contribution is 2.08. The average molecular weight is 289 g/mol. The minimum Gasteiger partial charge on any atom is -0.384 e. The van der Waals surface area contributed by atoms with E-state index in [1.165, 1.54) is 11.1 Å². The molecule has 0 atom stereocenters. The van der Waals surface area contributed by atoms with Gasteiger partial charge in [0.15, 0.2) is 0 Å². The van der Waals surface area contributed by atoms with E-state index in [9.17, 15) is 9.59 Å². The van der Waals surface area contributed by atoms with Crippen LogP contribution in [0.25, 0.3) is 0 Å². The Balaban J connectivity index is 2.97. The van der Waals surface area contributed by atoms with Crippen LogP contribution in [-0.2, 0) is 4.79 Å². The zero-order chi connectivity index (χ0) is 15.7. The second kappa shape index (κ2) is 8.72. The number of amides is 2. The van der Waals surface area contributed by atoms with Crippen LogP contribution in [0.2, 0.25) is 0 Å². The van der Waals surface area contributed by atoms with Gasteiger partial charge in [0.25, 0.3) is 5.91 Å². The number of carbonyl (C=O) groups excluding carboxylic acids is 2. The van der Waals surface area contributed by atoms with E-state index in [1.54, 1.807) is 19.1 Å². The molecule has 0 radical (unpaired) electrons. The molecule has 2 N–H and O–H groups in total. The Morgan fingerprint density at radius 1 is 1.43 bits per heavy atom. The van der Waals surface area contributed by atoms with Gasteiger partial charge in [-0.05, 0) is 26.0 Å². The lowest BCUT2D eigenvalue weighted by Gasteiger charge is -2.20. The number of likely N-dealkylation sites (N-methyl/N-ethyl adjacent to an activating group) is 2. The monoisotopic (exact) mass is 289 g/mol. The van der Waals surface area contributed by atoms with Crippen molar-refractivity contribution in [3.8, 4) is 11.8 Å². The van der Waals surface area contributed by atoms with Gasteiger partial charge < -0.3 is 15.3 Å². The Labute approximate surface area is 124 Å². The van der Waals surface area contributed by atoms with Gasteiger partial charge in [0.2, 0.25) is 5.91 Å². The van der Waals surface area contributed by atoms with Crippen molar-refractivity contribution >= 4 is 11.8 Å². The molecule has 112 valence electrons. The highest BCUT2D eigenvalue weighted by molar-refractivity contribution is 5.96. The summed E-state index contributed by atoms with van der Waals surface area (Å²) < 4.78 is 0. The third-order valence-electron chi connectivity index (χ3n) is 2.69.